The van der Waals surface area contributed by atoms with Crippen LogP contribution in [0, 0.1) is 5.92 Å². The molecule has 0 aliphatic carbocycles. The van der Waals surface area contributed by atoms with E-state index in [1.54, 1.807) is 22.4 Å². The number of aromatic nitrogens is 3. The summed E-state index contributed by atoms with van der Waals surface area (Å²) in [6, 6.07) is 7.94. The van der Waals surface area contributed by atoms with E-state index in [1.807, 2.05) is 44.6 Å². The number of fused-ring (bicyclic) bond motifs is 1. The zero-order valence-electron chi connectivity index (χ0n) is 14.9. The highest BCUT2D eigenvalue weighted by molar-refractivity contribution is 7.21. The first kappa shape index (κ1) is 16.9. The third-order valence-corrected chi connectivity index (χ3v) is 5.78. The Labute approximate surface area is 156 Å². The molecule has 0 radical (unpaired) electrons. The van der Waals surface area contributed by atoms with Gasteiger partial charge in [-0.05, 0) is 37.1 Å². The Morgan fingerprint density at radius 1 is 1.19 bits per heavy atom. The van der Waals surface area contributed by atoms with Crippen molar-refractivity contribution in [2.75, 3.05) is 32.1 Å². The summed E-state index contributed by atoms with van der Waals surface area (Å²) in [5.41, 5.74) is 2.84. The van der Waals surface area contributed by atoms with Crippen LogP contribution in [0.4, 0.5) is 5.13 Å². The van der Waals surface area contributed by atoms with E-state index in [4.69, 9.17) is 9.97 Å². The summed E-state index contributed by atoms with van der Waals surface area (Å²) < 4.78 is 0. The third kappa shape index (κ3) is 3.26. The molecule has 1 fully saturated rings. The second kappa shape index (κ2) is 6.99. The van der Waals surface area contributed by atoms with Crippen LogP contribution in [-0.4, -0.2) is 52.9 Å². The molecule has 0 atom stereocenters. The Balaban J connectivity index is 1.52. The van der Waals surface area contributed by atoms with Gasteiger partial charge in [0.15, 0.2) is 5.13 Å². The number of pyridine rings is 2. The fraction of sp³-hybridized carbons (Fsp3) is 0.368. The van der Waals surface area contributed by atoms with Crippen LogP contribution in [0.2, 0.25) is 0 Å². The molecule has 0 spiro atoms. The van der Waals surface area contributed by atoms with Crippen LogP contribution in [-0.2, 0) is 4.79 Å². The SMILES string of the molecule is CN(C)C(=O)C1CCN(c2nc3ccc(-c4cccnc4)nc3s2)CC1. The summed E-state index contributed by atoms with van der Waals surface area (Å²) in [6.07, 6.45) is 5.34. The number of amides is 1. The molecule has 1 aliphatic rings. The number of carbonyl (C=O) groups is 1. The molecule has 3 aromatic rings. The molecule has 1 saturated heterocycles. The summed E-state index contributed by atoms with van der Waals surface area (Å²) in [5.74, 6) is 0.364. The van der Waals surface area contributed by atoms with Crippen LogP contribution >= 0.6 is 11.3 Å². The molecule has 0 aromatic carbocycles. The van der Waals surface area contributed by atoms with Crippen molar-refractivity contribution in [3.63, 3.8) is 0 Å². The third-order valence-electron chi connectivity index (χ3n) is 4.76. The van der Waals surface area contributed by atoms with Gasteiger partial charge in [0.1, 0.15) is 10.3 Å². The number of anilines is 1. The van der Waals surface area contributed by atoms with Crippen molar-refractivity contribution >= 4 is 32.7 Å². The van der Waals surface area contributed by atoms with Crippen molar-refractivity contribution in [1.82, 2.24) is 19.9 Å². The standard InChI is InChI=1S/C19H21N5OS/c1-23(2)18(25)13-7-10-24(11-8-13)19-22-16-6-5-15(21-17(16)26-19)14-4-3-9-20-12-14/h3-6,9,12-13H,7-8,10-11H2,1-2H3. The first-order valence-electron chi connectivity index (χ1n) is 8.76. The number of hydrogen-bond acceptors (Lipinski definition) is 6. The minimum Gasteiger partial charge on any atom is -0.349 e. The van der Waals surface area contributed by atoms with Gasteiger partial charge in [-0.3, -0.25) is 9.78 Å². The lowest BCUT2D eigenvalue weighted by Crippen LogP contribution is -2.40. The Morgan fingerprint density at radius 2 is 2.00 bits per heavy atom. The number of nitrogens with zero attached hydrogens (tertiary/aromatic N) is 5. The summed E-state index contributed by atoms with van der Waals surface area (Å²) in [7, 11) is 3.65. The van der Waals surface area contributed by atoms with Gasteiger partial charge in [-0.1, -0.05) is 11.3 Å². The van der Waals surface area contributed by atoms with Gasteiger partial charge >= 0.3 is 0 Å². The fourth-order valence-corrected chi connectivity index (χ4v) is 4.29. The second-order valence-corrected chi connectivity index (χ2v) is 7.71. The molecule has 4 heterocycles. The zero-order valence-corrected chi connectivity index (χ0v) is 15.7. The largest absolute Gasteiger partial charge is 0.349 e. The highest BCUT2D eigenvalue weighted by atomic mass is 32.1. The van der Waals surface area contributed by atoms with Crippen LogP contribution in [0.15, 0.2) is 36.7 Å². The fourth-order valence-electron chi connectivity index (χ4n) is 3.30. The van der Waals surface area contributed by atoms with E-state index in [1.165, 1.54) is 0 Å². The predicted octanol–water partition coefficient (Wildman–Crippen LogP) is 3.06. The van der Waals surface area contributed by atoms with Gasteiger partial charge in [0.05, 0.1) is 5.69 Å². The average Bonchev–Trinajstić information content (AvgIpc) is 3.11. The molecule has 1 aliphatic heterocycles. The molecule has 4 rings (SSSR count). The Morgan fingerprint density at radius 3 is 2.69 bits per heavy atom. The van der Waals surface area contributed by atoms with Gasteiger partial charge < -0.3 is 9.80 Å². The van der Waals surface area contributed by atoms with Crippen molar-refractivity contribution in [3.05, 3.63) is 36.7 Å². The first-order chi connectivity index (χ1) is 12.6. The molecular weight excluding hydrogens is 346 g/mol. The Hall–Kier alpha value is -2.54. The summed E-state index contributed by atoms with van der Waals surface area (Å²) >= 11 is 1.62. The second-order valence-electron chi connectivity index (χ2n) is 6.75. The minimum absolute atomic E-state index is 0.130. The lowest BCUT2D eigenvalue weighted by molar-refractivity contribution is -0.133. The Kier molecular flexibility index (Phi) is 4.55. The van der Waals surface area contributed by atoms with Gasteiger partial charge in [-0.15, -0.1) is 0 Å². The van der Waals surface area contributed by atoms with Crippen molar-refractivity contribution in [2.45, 2.75) is 12.8 Å². The predicted molar refractivity (Wildman–Crippen MR) is 104 cm³/mol. The van der Waals surface area contributed by atoms with Crippen LogP contribution < -0.4 is 4.90 Å². The van der Waals surface area contributed by atoms with Crippen molar-refractivity contribution in [1.29, 1.82) is 0 Å². The van der Waals surface area contributed by atoms with Crippen molar-refractivity contribution < 1.29 is 4.79 Å². The number of piperidine rings is 1. The smallest absolute Gasteiger partial charge is 0.225 e. The molecule has 26 heavy (non-hydrogen) atoms. The zero-order chi connectivity index (χ0) is 18.1. The highest BCUT2D eigenvalue weighted by Gasteiger charge is 2.27. The summed E-state index contributed by atoms with van der Waals surface area (Å²) in [5, 5.41) is 0.992. The lowest BCUT2D eigenvalue weighted by atomic mass is 9.96. The average molecular weight is 367 g/mol. The van der Waals surface area contributed by atoms with E-state index in [-0.39, 0.29) is 11.8 Å². The number of hydrogen-bond donors (Lipinski definition) is 0. The van der Waals surface area contributed by atoms with E-state index >= 15 is 0 Å². The normalized spacial score (nSPS) is 15.4. The summed E-state index contributed by atoms with van der Waals surface area (Å²) in [4.78, 5) is 30.7. The molecule has 0 unspecified atom stereocenters. The molecule has 6 nitrogen and oxygen atoms in total. The topological polar surface area (TPSA) is 62.2 Å². The van der Waals surface area contributed by atoms with Crippen LogP contribution in [0.25, 0.3) is 21.6 Å². The Bertz CT molecular complexity index is 916. The van der Waals surface area contributed by atoms with Gasteiger partial charge in [-0.2, -0.15) is 0 Å². The van der Waals surface area contributed by atoms with Gasteiger partial charge in [0.25, 0.3) is 0 Å². The van der Waals surface area contributed by atoms with E-state index < -0.39 is 0 Å². The van der Waals surface area contributed by atoms with Crippen LogP contribution in [0.5, 0.6) is 0 Å². The number of thiazole rings is 1. The molecule has 0 N–H and O–H groups in total. The van der Waals surface area contributed by atoms with Gasteiger partial charge in [-0.25, -0.2) is 9.97 Å². The molecular formula is C19H21N5OS. The quantitative estimate of drug-likeness (QED) is 0.712. The molecule has 134 valence electrons. The van der Waals surface area contributed by atoms with Crippen LogP contribution in [0.3, 0.4) is 0 Å². The van der Waals surface area contributed by atoms with E-state index in [2.05, 4.69) is 9.88 Å². The van der Waals surface area contributed by atoms with Crippen LogP contribution in [0.1, 0.15) is 12.8 Å². The van der Waals surface area contributed by atoms with Gasteiger partial charge in [0.2, 0.25) is 5.91 Å². The molecule has 0 bridgehead atoms. The van der Waals surface area contributed by atoms with Crippen molar-refractivity contribution in [3.8, 4) is 11.3 Å². The van der Waals surface area contributed by atoms with Crippen molar-refractivity contribution in [2.24, 2.45) is 5.92 Å². The minimum atomic E-state index is 0.130. The lowest BCUT2D eigenvalue weighted by Gasteiger charge is -2.32. The number of carbonyl (C=O) groups excluding carboxylic acids is 1. The maximum Gasteiger partial charge on any atom is 0.225 e. The molecule has 1 amide bonds. The molecule has 0 saturated carbocycles. The van der Waals surface area contributed by atoms with E-state index in [0.29, 0.717) is 0 Å². The molecule has 3 aromatic heterocycles. The van der Waals surface area contributed by atoms with Gasteiger partial charge in [0, 0.05) is 51.1 Å². The van der Waals surface area contributed by atoms with E-state index in [9.17, 15) is 4.79 Å². The maximum atomic E-state index is 12.1. The first-order valence-corrected chi connectivity index (χ1v) is 9.57. The molecule has 7 heteroatoms. The number of rotatable bonds is 3. The highest BCUT2D eigenvalue weighted by Crippen LogP contribution is 2.32. The maximum absolute atomic E-state index is 12.1. The summed E-state index contributed by atoms with van der Waals surface area (Å²) in [6.45, 7) is 1.72. The van der Waals surface area contributed by atoms with E-state index in [0.717, 1.165) is 52.7 Å². The monoisotopic (exact) mass is 367 g/mol.